The Balaban J connectivity index is 2.21. The van der Waals surface area contributed by atoms with E-state index in [0.29, 0.717) is 13.0 Å². The van der Waals surface area contributed by atoms with Crippen molar-refractivity contribution in [3.8, 4) is 0 Å². The molecule has 0 radical (unpaired) electrons. The van der Waals surface area contributed by atoms with Crippen LogP contribution in [0.5, 0.6) is 0 Å². The minimum Gasteiger partial charge on any atom is -0.377 e. The van der Waals surface area contributed by atoms with Gasteiger partial charge in [0.05, 0.1) is 27.5 Å². The standard InChI is InChI=1S/C11H15ClN2O5S2/c12-10-4-3-9(21(13,17)18)6-11(10)14-20(15,16)7-8-2-1-5-19-8/h3-4,6,8,14H,1-2,5,7H2,(H2,13,17,18). The first kappa shape index (κ1) is 16.5. The van der Waals surface area contributed by atoms with Crippen LogP contribution in [0.3, 0.4) is 0 Å². The summed E-state index contributed by atoms with van der Waals surface area (Å²) in [7, 11) is -7.64. The minimum absolute atomic E-state index is 0.0267. The van der Waals surface area contributed by atoms with Crippen LogP contribution >= 0.6 is 11.6 Å². The molecule has 1 unspecified atom stereocenters. The highest BCUT2D eigenvalue weighted by molar-refractivity contribution is 7.92. The number of halogens is 1. The van der Waals surface area contributed by atoms with Gasteiger partial charge in [0.25, 0.3) is 0 Å². The molecule has 1 heterocycles. The lowest BCUT2D eigenvalue weighted by molar-refractivity contribution is 0.127. The van der Waals surface area contributed by atoms with E-state index in [1.54, 1.807) is 0 Å². The molecule has 118 valence electrons. The molecule has 2 rings (SSSR count). The number of primary sulfonamides is 1. The van der Waals surface area contributed by atoms with Crippen LogP contribution in [0, 0.1) is 0 Å². The van der Waals surface area contributed by atoms with Gasteiger partial charge >= 0.3 is 0 Å². The Morgan fingerprint density at radius 3 is 2.62 bits per heavy atom. The lowest BCUT2D eigenvalue weighted by atomic mass is 10.3. The Labute approximate surface area is 128 Å². The van der Waals surface area contributed by atoms with Crippen LogP contribution in [-0.4, -0.2) is 35.3 Å². The van der Waals surface area contributed by atoms with E-state index in [-0.39, 0.29) is 27.5 Å². The van der Waals surface area contributed by atoms with E-state index in [1.807, 2.05) is 0 Å². The highest BCUT2D eigenvalue weighted by Gasteiger charge is 2.24. The van der Waals surface area contributed by atoms with Crippen molar-refractivity contribution >= 4 is 37.3 Å². The number of anilines is 1. The Morgan fingerprint density at radius 1 is 1.33 bits per heavy atom. The van der Waals surface area contributed by atoms with Crippen LogP contribution in [0.25, 0.3) is 0 Å². The Kier molecular flexibility index (Phi) is 4.79. The molecule has 0 aliphatic carbocycles. The highest BCUT2D eigenvalue weighted by Crippen LogP contribution is 2.26. The number of hydrogen-bond acceptors (Lipinski definition) is 5. The molecule has 0 saturated carbocycles. The smallest absolute Gasteiger partial charge is 0.238 e. The number of hydrogen-bond donors (Lipinski definition) is 2. The van der Waals surface area contributed by atoms with E-state index in [4.69, 9.17) is 21.5 Å². The molecule has 10 heteroatoms. The summed E-state index contributed by atoms with van der Waals surface area (Å²) in [5, 5.41) is 5.09. The van der Waals surface area contributed by atoms with E-state index in [2.05, 4.69) is 4.72 Å². The van der Waals surface area contributed by atoms with Gasteiger partial charge in [-0.25, -0.2) is 22.0 Å². The molecule has 7 nitrogen and oxygen atoms in total. The first-order valence-electron chi connectivity index (χ1n) is 6.12. The molecule has 0 spiro atoms. The SMILES string of the molecule is NS(=O)(=O)c1ccc(Cl)c(NS(=O)(=O)CC2CCCO2)c1. The van der Waals surface area contributed by atoms with Crippen LogP contribution in [0.1, 0.15) is 12.8 Å². The summed E-state index contributed by atoms with van der Waals surface area (Å²) in [6.45, 7) is 0.543. The van der Waals surface area contributed by atoms with Crippen molar-refractivity contribution < 1.29 is 21.6 Å². The molecule has 1 atom stereocenters. The molecule has 3 N–H and O–H groups in total. The molecular formula is C11H15ClN2O5S2. The lowest BCUT2D eigenvalue weighted by Gasteiger charge is -2.13. The summed E-state index contributed by atoms with van der Waals surface area (Å²) in [6, 6.07) is 3.56. The van der Waals surface area contributed by atoms with E-state index in [9.17, 15) is 16.8 Å². The molecule has 0 aromatic heterocycles. The van der Waals surface area contributed by atoms with Crippen molar-refractivity contribution in [1.82, 2.24) is 0 Å². The van der Waals surface area contributed by atoms with Crippen molar-refractivity contribution in [2.24, 2.45) is 5.14 Å². The zero-order valence-electron chi connectivity index (χ0n) is 11.0. The number of ether oxygens (including phenoxy) is 1. The van der Waals surface area contributed by atoms with Crippen molar-refractivity contribution in [3.63, 3.8) is 0 Å². The maximum atomic E-state index is 12.0. The largest absolute Gasteiger partial charge is 0.377 e. The monoisotopic (exact) mass is 354 g/mol. The first-order chi connectivity index (χ1) is 9.67. The van der Waals surface area contributed by atoms with Crippen LogP contribution in [0.15, 0.2) is 23.1 Å². The van der Waals surface area contributed by atoms with Gasteiger partial charge in [-0.2, -0.15) is 0 Å². The number of rotatable bonds is 5. The number of benzene rings is 1. The van der Waals surface area contributed by atoms with Gasteiger partial charge in [-0.1, -0.05) is 11.6 Å². The fraction of sp³-hybridized carbons (Fsp3) is 0.455. The average Bonchev–Trinajstić information content (AvgIpc) is 2.82. The van der Waals surface area contributed by atoms with Gasteiger partial charge in [0.1, 0.15) is 0 Å². The Hall–Kier alpha value is -0.870. The maximum Gasteiger partial charge on any atom is 0.238 e. The average molecular weight is 355 g/mol. The summed E-state index contributed by atoms with van der Waals surface area (Å²) in [5.74, 6) is -0.205. The molecule has 1 aromatic carbocycles. The molecule has 1 aromatic rings. The second kappa shape index (κ2) is 6.09. The van der Waals surface area contributed by atoms with Gasteiger partial charge in [0.15, 0.2) is 0 Å². The topological polar surface area (TPSA) is 116 Å². The van der Waals surface area contributed by atoms with Gasteiger partial charge in [0.2, 0.25) is 20.0 Å². The highest BCUT2D eigenvalue weighted by atomic mass is 35.5. The second-order valence-corrected chi connectivity index (χ2v) is 8.44. The number of nitrogens with one attached hydrogen (secondary N) is 1. The maximum absolute atomic E-state index is 12.0. The van der Waals surface area contributed by atoms with Crippen molar-refractivity contribution in [2.45, 2.75) is 23.8 Å². The second-order valence-electron chi connectivity index (χ2n) is 4.71. The zero-order chi connectivity index (χ0) is 15.7. The van der Waals surface area contributed by atoms with Gasteiger partial charge in [-0.3, -0.25) is 4.72 Å². The Bertz CT molecular complexity index is 727. The molecular weight excluding hydrogens is 340 g/mol. The van der Waals surface area contributed by atoms with E-state index in [0.717, 1.165) is 12.5 Å². The van der Waals surface area contributed by atoms with Gasteiger partial charge in [-0.15, -0.1) is 0 Å². The fourth-order valence-corrected chi connectivity index (χ4v) is 4.09. The molecule has 1 fully saturated rings. The molecule has 1 aliphatic heterocycles. The van der Waals surface area contributed by atoms with E-state index >= 15 is 0 Å². The third-order valence-corrected chi connectivity index (χ3v) is 5.54. The summed E-state index contributed by atoms with van der Waals surface area (Å²) < 4.78 is 54.2. The molecule has 1 aliphatic rings. The quantitative estimate of drug-likeness (QED) is 0.815. The predicted molar refractivity (Wildman–Crippen MR) is 79.2 cm³/mol. The van der Waals surface area contributed by atoms with Gasteiger partial charge in [-0.05, 0) is 31.0 Å². The van der Waals surface area contributed by atoms with Gasteiger partial charge < -0.3 is 4.74 Å². The summed E-state index contributed by atoms with van der Waals surface area (Å²) in [6.07, 6.45) is 1.14. The van der Waals surface area contributed by atoms with E-state index < -0.39 is 20.0 Å². The van der Waals surface area contributed by atoms with Crippen molar-refractivity contribution in [3.05, 3.63) is 23.2 Å². The van der Waals surface area contributed by atoms with Gasteiger partial charge in [0, 0.05) is 6.61 Å². The zero-order valence-corrected chi connectivity index (χ0v) is 13.3. The van der Waals surface area contributed by atoms with E-state index in [1.165, 1.54) is 12.1 Å². The number of sulfonamides is 2. The normalized spacial score (nSPS) is 19.6. The lowest BCUT2D eigenvalue weighted by Crippen LogP contribution is -2.26. The molecule has 0 amide bonds. The number of nitrogens with two attached hydrogens (primary N) is 1. The van der Waals surface area contributed by atoms with Crippen molar-refractivity contribution in [2.75, 3.05) is 17.1 Å². The van der Waals surface area contributed by atoms with Crippen LogP contribution in [-0.2, 0) is 24.8 Å². The molecule has 21 heavy (non-hydrogen) atoms. The fourth-order valence-electron chi connectivity index (χ4n) is 1.99. The minimum atomic E-state index is -3.94. The summed E-state index contributed by atoms with van der Waals surface area (Å²) >= 11 is 5.88. The summed E-state index contributed by atoms with van der Waals surface area (Å²) in [4.78, 5) is -0.221. The predicted octanol–water partition coefficient (Wildman–Crippen LogP) is 0.908. The first-order valence-corrected chi connectivity index (χ1v) is 9.69. The van der Waals surface area contributed by atoms with Crippen molar-refractivity contribution in [1.29, 1.82) is 0 Å². The summed E-state index contributed by atoms with van der Waals surface area (Å²) in [5.41, 5.74) is -0.0267. The Morgan fingerprint density at radius 2 is 2.05 bits per heavy atom. The molecule has 0 bridgehead atoms. The van der Waals surface area contributed by atoms with Crippen LogP contribution in [0.4, 0.5) is 5.69 Å². The third-order valence-electron chi connectivity index (χ3n) is 2.96. The van der Waals surface area contributed by atoms with Crippen LogP contribution < -0.4 is 9.86 Å². The third kappa shape index (κ3) is 4.55. The van der Waals surface area contributed by atoms with Crippen LogP contribution in [0.2, 0.25) is 5.02 Å². The molecule has 1 saturated heterocycles.